The summed E-state index contributed by atoms with van der Waals surface area (Å²) >= 11 is 0. The lowest BCUT2D eigenvalue weighted by molar-refractivity contribution is -0.108. The summed E-state index contributed by atoms with van der Waals surface area (Å²) in [6.45, 7) is 0. The largest absolute Gasteiger partial charge is 0.497 e. The molecule has 0 saturated carbocycles. The summed E-state index contributed by atoms with van der Waals surface area (Å²) in [4.78, 5) is 21.9. The highest BCUT2D eigenvalue weighted by Gasteiger charge is 2.11. The maximum atomic E-state index is 11.7. The zero-order chi connectivity index (χ0) is 12.0. The molecule has 0 saturated heterocycles. The molecule has 4 nitrogen and oxygen atoms in total. The van der Waals surface area contributed by atoms with Crippen LogP contribution in [-0.4, -0.2) is 25.2 Å². The number of carbonyl (C=O) groups is 2. The molecular formula is C12H15NO3. The lowest BCUT2D eigenvalue weighted by Gasteiger charge is -2.07. The van der Waals surface area contributed by atoms with Gasteiger partial charge in [-0.3, -0.25) is 4.79 Å². The van der Waals surface area contributed by atoms with Gasteiger partial charge >= 0.3 is 0 Å². The van der Waals surface area contributed by atoms with Crippen molar-refractivity contribution in [1.82, 2.24) is 0 Å². The summed E-state index contributed by atoms with van der Waals surface area (Å²) in [5, 5.41) is 0. The van der Waals surface area contributed by atoms with E-state index in [2.05, 4.69) is 0 Å². The van der Waals surface area contributed by atoms with E-state index in [4.69, 9.17) is 10.5 Å². The Labute approximate surface area is 94.4 Å². The number of ketones is 1. The van der Waals surface area contributed by atoms with Crippen LogP contribution >= 0.6 is 0 Å². The van der Waals surface area contributed by atoms with Crippen LogP contribution in [0.5, 0.6) is 5.75 Å². The third kappa shape index (κ3) is 3.47. The van der Waals surface area contributed by atoms with Crippen LogP contribution in [0.25, 0.3) is 0 Å². The van der Waals surface area contributed by atoms with Crippen molar-refractivity contribution < 1.29 is 14.3 Å². The molecule has 1 atom stereocenters. The number of Topliss-reactive ketones (excluding diaryl/α,β-unsaturated/α-hetero) is 1. The number of methoxy groups -OCH3 is 1. The lowest BCUT2D eigenvalue weighted by atomic mass is 10.0. The number of aldehydes is 1. The van der Waals surface area contributed by atoms with Gasteiger partial charge in [-0.25, -0.2) is 0 Å². The Morgan fingerprint density at radius 2 is 2.06 bits per heavy atom. The van der Waals surface area contributed by atoms with Gasteiger partial charge in [0.1, 0.15) is 12.0 Å². The van der Waals surface area contributed by atoms with E-state index < -0.39 is 6.04 Å². The molecule has 0 radical (unpaired) electrons. The standard InChI is InChI=1S/C12H15NO3/c1-16-11-4-2-9(3-5-11)12(15)8-10(13)6-7-14/h2-5,7,10H,6,8,13H2,1H3/t10-/m0/s1. The van der Waals surface area contributed by atoms with Gasteiger partial charge in [0.25, 0.3) is 0 Å². The Morgan fingerprint density at radius 1 is 1.44 bits per heavy atom. The zero-order valence-corrected chi connectivity index (χ0v) is 9.18. The molecule has 0 spiro atoms. The van der Waals surface area contributed by atoms with Gasteiger partial charge in [0.05, 0.1) is 7.11 Å². The van der Waals surface area contributed by atoms with Crippen molar-refractivity contribution in [1.29, 1.82) is 0 Å². The zero-order valence-electron chi connectivity index (χ0n) is 9.18. The maximum absolute atomic E-state index is 11.7. The van der Waals surface area contributed by atoms with E-state index in [1.54, 1.807) is 31.4 Å². The normalized spacial score (nSPS) is 11.9. The highest BCUT2D eigenvalue weighted by atomic mass is 16.5. The van der Waals surface area contributed by atoms with Crippen LogP contribution < -0.4 is 10.5 Å². The molecule has 0 aliphatic carbocycles. The average Bonchev–Trinajstić information content (AvgIpc) is 2.29. The summed E-state index contributed by atoms with van der Waals surface area (Å²) < 4.78 is 4.99. The highest BCUT2D eigenvalue weighted by Crippen LogP contribution is 2.13. The molecular weight excluding hydrogens is 206 g/mol. The van der Waals surface area contributed by atoms with Crippen molar-refractivity contribution in [2.75, 3.05) is 7.11 Å². The molecule has 0 heterocycles. The van der Waals surface area contributed by atoms with Crippen LogP contribution in [0.4, 0.5) is 0 Å². The first-order valence-electron chi connectivity index (χ1n) is 5.04. The van der Waals surface area contributed by atoms with Gasteiger partial charge < -0.3 is 15.3 Å². The van der Waals surface area contributed by atoms with Gasteiger partial charge in [0.15, 0.2) is 5.78 Å². The maximum Gasteiger partial charge on any atom is 0.164 e. The number of hydrogen-bond acceptors (Lipinski definition) is 4. The minimum atomic E-state index is -0.396. The van der Waals surface area contributed by atoms with Crippen molar-refractivity contribution in [3.05, 3.63) is 29.8 Å². The minimum absolute atomic E-state index is 0.0583. The fourth-order valence-electron chi connectivity index (χ4n) is 1.34. The summed E-state index contributed by atoms with van der Waals surface area (Å²) in [5.74, 6) is 0.644. The number of hydrogen-bond donors (Lipinski definition) is 1. The van der Waals surface area contributed by atoms with Gasteiger partial charge in [-0.1, -0.05) is 0 Å². The Bertz CT molecular complexity index is 359. The van der Waals surface area contributed by atoms with Crippen molar-refractivity contribution in [3.63, 3.8) is 0 Å². The number of ether oxygens (including phenoxy) is 1. The van der Waals surface area contributed by atoms with E-state index in [0.717, 1.165) is 6.29 Å². The molecule has 16 heavy (non-hydrogen) atoms. The van der Waals surface area contributed by atoms with E-state index in [0.29, 0.717) is 11.3 Å². The molecule has 1 aromatic carbocycles. The lowest BCUT2D eigenvalue weighted by Crippen LogP contribution is -2.24. The molecule has 2 N–H and O–H groups in total. The smallest absolute Gasteiger partial charge is 0.164 e. The van der Waals surface area contributed by atoms with Gasteiger partial charge in [0.2, 0.25) is 0 Å². The van der Waals surface area contributed by atoms with Gasteiger partial charge in [0, 0.05) is 24.4 Å². The molecule has 1 aromatic rings. The summed E-state index contributed by atoms with van der Waals surface area (Å²) in [7, 11) is 1.57. The first kappa shape index (κ1) is 12.4. The van der Waals surface area contributed by atoms with Crippen LogP contribution in [0, 0.1) is 0 Å². The second-order valence-corrected chi connectivity index (χ2v) is 3.52. The third-order valence-electron chi connectivity index (χ3n) is 2.26. The minimum Gasteiger partial charge on any atom is -0.497 e. The first-order chi connectivity index (χ1) is 7.67. The summed E-state index contributed by atoms with van der Waals surface area (Å²) in [6.07, 6.45) is 1.12. The fourth-order valence-corrected chi connectivity index (χ4v) is 1.34. The van der Waals surface area contributed by atoms with Crippen LogP contribution in [0.15, 0.2) is 24.3 Å². The van der Waals surface area contributed by atoms with Crippen molar-refractivity contribution >= 4 is 12.1 Å². The molecule has 0 aliphatic heterocycles. The van der Waals surface area contributed by atoms with Crippen LogP contribution in [0.1, 0.15) is 23.2 Å². The number of rotatable bonds is 6. The van der Waals surface area contributed by atoms with Gasteiger partial charge in [-0.15, -0.1) is 0 Å². The predicted molar refractivity (Wildman–Crippen MR) is 60.6 cm³/mol. The Hall–Kier alpha value is -1.68. The van der Waals surface area contributed by atoms with Crippen LogP contribution in [0.2, 0.25) is 0 Å². The van der Waals surface area contributed by atoms with Crippen molar-refractivity contribution in [3.8, 4) is 5.75 Å². The van der Waals surface area contributed by atoms with E-state index >= 15 is 0 Å². The number of nitrogens with two attached hydrogens (primary N) is 1. The molecule has 0 unspecified atom stereocenters. The summed E-state index contributed by atoms with van der Waals surface area (Å²) in [6, 6.07) is 6.42. The SMILES string of the molecule is COc1ccc(C(=O)C[C@@H](N)CC=O)cc1. The monoisotopic (exact) mass is 221 g/mol. The predicted octanol–water partition coefficient (Wildman–Crippen LogP) is 1.18. The Balaban J connectivity index is 2.62. The number of carbonyl (C=O) groups excluding carboxylic acids is 2. The molecule has 0 aliphatic rings. The average molecular weight is 221 g/mol. The first-order valence-corrected chi connectivity index (χ1v) is 5.04. The van der Waals surface area contributed by atoms with Gasteiger partial charge in [-0.05, 0) is 24.3 Å². The van der Waals surface area contributed by atoms with E-state index in [1.165, 1.54) is 0 Å². The second kappa shape index (κ2) is 6.02. The Kier molecular flexibility index (Phi) is 4.66. The highest BCUT2D eigenvalue weighted by molar-refractivity contribution is 5.96. The summed E-state index contributed by atoms with van der Waals surface area (Å²) in [5.41, 5.74) is 6.19. The van der Waals surface area contributed by atoms with Crippen LogP contribution in [0.3, 0.4) is 0 Å². The Morgan fingerprint density at radius 3 is 2.56 bits per heavy atom. The molecule has 1 rings (SSSR count). The van der Waals surface area contributed by atoms with Crippen LogP contribution in [-0.2, 0) is 4.79 Å². The molecule has 0 bridgehead atoms. The van der Waals surface area contributed by atoms with E-state index in [9.17, 15) is 9.59 Å². The molecule has 0 aromatic heterocycles. The third-order valence-corrected chi connectivity index (χ3v) is 2.26. The van der Waals surface area contributed by atoms with E-state index in [-0.39, 0.29) is 18.6 Å². The molecule has 0 fully saturated rings. The molecule has 86 valence electrons. The topological polar surface area (TPSA) is 69.4 Å². The van der Waals surface area contributed by atoms with Gasteiger partial charge in [-0.2, -0.15) is 0 Å². The molecule has 0 amide bonds. The number of benzene rings is 1. The quantitative estimate of drug-likeness (QED) is 0.578. The van der Waals surface area contributed by atoms with Crippen molar-refractivity contribution in [2.24, 2.45) is 5.73 Å². The second-order valence-electron chi connectivity index (χ2n) is 3.52. The van der Waals surface area contributed by atoms with E-state index in [1.807, 2.05) is 0 Å². The fraction of sp³-hybridized carbons (Fsp3) is 0.333. The molecule has 4 heteroatoms. The van der Waals surface area contributed by atoms with Crippen molar-refractivity contribution in [2.45, 2.75) is 18.9 Å².